The SMILES string of the molecule is C=CC(CC(C)(O)NC)(NC)NC. The van der Waals surface area contributed by atoms with Gasteiger partial charge in [-0.25, -0.2) is 0 Å². The molecule has 0 fully saturated rings. The van der Waals surface area contributed by atoms with Crippen LogP contribution < -0.4 is 16.0 Å². The van der Waals surface area contributed by atoms with Gasteiger partial charge in [0.1, 0.15) is 5.72 Å². The lowest BCUT2D eigenvalue weighted by molar-refractivity contribution is -0.000208. The van der Waals surface area contributed by atoms with E-state index in [1.807, 2.05) is 14.1 Å². The quantitative estimate of drug-likeness (QED) is 0.338. The van der Waals surface area contributed by atoms with E-state index >= 15 is 0 Å². The summed E-state index contributed by atoms with van der Waals surface area (Å²) in [6, 6.07) is 0. The molecule has 0 saturated heterocycles. The molecule has 0 aromatic heterocycles. The van der Waals surface area contributed by atoms with Crippen molar-refractivity contribution in [2.24, 2.45) is 0 Å². The highest BCUT2D eigenvalue weighted by atomic mass is 16.3. The predicted molar refractivity (Wildman–Crippen MR) is 55.3 cm³/mol. The van der Waals surface area contributed by atoms with Gasteiger partial charge in [-0.05, 0) is 28.1 Å². The Kier molecular flexibility index (Phi) is 4.56. The number of hydrogen-bond donors (Lipinski definition) is 4. The highest BCUT2D eigenvalue weighted by Gasteiger charge is 2.31. The molecule has 13 heavy (non-hydrogen) atoms. The molecule has 4 N–H and O–H groups in total. The van der Waals surface area contributed by atoms with Crippen molar-refractivity contribution in [2.45, 2.75) is 24.7 Å². The van der Waals surface area contributed by atoms with Crippen LogP contribution in [0.1, 0.15) is 13.3 Å². The number of rotatable bonds is 6. The zero-order chi connectivity index (χ0) is 10.5. The zero-order valence-corrected chi connectivity index (χ0v) is 8.94. The second-order valence-corrected chi connectivity index (χ2v) is 3.38. The maximum Gasteiger partial charge on any atom is 0.116 e. The Morgan fingerprint density at radius 3 is 1.92 bits per heavy atom. The molecule has 0 aliphatic carbocycles. The summed E-state index contributed by atoms with van der Waals surface area (Å²) in [7, 11) is 5.37. The van der Waals surface area contributed by atoms with E-state index in [2.05, 4.69) is 22.5 Å². The van der Waals surface area contributed by atoms with Crippen LogP contribution in [0, 0.1) is 0 Å². The second kappa shape index (κ2) is 4.72. The summed E-state index contributed by atoms with van der Waals surface area (Å²) in [4.78, 5) is 0. The molecule has 0 bridgehead atoms. The third-order valence-corrected chi connectivity index (χ3v) is 2.40. The lowest BCUT2D eigenvalue weighted by Gasteiger charge is -2.36. The van der Waals surface area contributed by atoms with Crippen molar-refractivity contribution in [3.8, 4) is 0 Å². The zero-order valence-electron chi connectivity index (χ0n) is 8.94. The molecule has 0 aromatic carbocycles. The molecule has 0 aromatic rings. The van der Waals surface area contributed by atoms with Crippen molar-refractivity contribution in [1.82, 2.24) is 16.0 Å². The molecule has 0 heterocycles. The van der Waals surface area contributed by atoms with Gasteiger partial charge in [0.05, 0.1) is 5.66 Å². The number of aliphatic hydroxyl groups is 1. The van der Waals surface area contributed by atoms with Crippen molar-refractivity contribution in [3.63, 3.8) is 0 Å². The Balaban J connectivity index is 4.50. The molecule has 0 aliphatic rings. The average molecular weight is 187 g/mol. The fourth-order valence-electron chi connectivity index (χ4n) is 1.21. The minimum Gasteiger partial charge on any atom is -0.376 e. The van der Waals surface area contributed by atoms with Gasteiger partial charge in [0, 0.05) is 6.42 Å². The van der Waals surface area contributed by atoms with Crippen molar-refractivity contribution in [2.75, 3.05) is 21.1 Å². The summed E-state index contributed by atoms with van der Waals surface area (Å²) < 4.78 is 0. The van der Waals surface area contributed by atoms with Crippen LogP contribution in [0.25, 0.3) is 0 Å². The fraction of sp³-hybridized carbons (Fsp3) is 0.778. The average Bonchev–Trinajstić information content (AvgIpc) is 2.14. The monoisotopic (exact) mass is 187 g/mol. The van der Waals surface area contributed by atoms with Crippen molar-refractivity contribution >= 4 is 0 Å². The predicted octanol–water partition coefficient (Wildman–Crippen LogP) is -0.374. The Morgan fingerprint density at radius 1 is 1.23 bits per heavy atom. The maximum atomic E-state index is 9.81. The molecule has 0 aliphatic heterocycles. The van der Waals surface area contributed by atoms with Crippen LogP contribution in [0.2, 0.25) is 0 Å². The summed E-state index contributed by atoms with van der Waals surface area (Å²) >= 11 is 0. The summed E-state index contributed by atoms with van der Waals surface area (Å²) in [5, 5.41) is 18.8. The summed E-state index contributed by atoms with van der Waals surface area (Å²) in [5.74, 6) is 0. The molecule has 0 rings (SSSR count). The Hall–Kier alpha value is -0.420. The second-order valence-electron chi connectivity index (χ2n) is 3.38. The molecular weight excluding hydrogens is 166 g/mol. The van der Waals surface area contributed by atoms with Crippen molar-refractivity contribution in [3.05, 3.63) is 12.7 Å². The van der Waals surface area contributed by atoms with Crippen LogP contribution in [-0.2, 0) is 0 Å². The van der Waals surface area contributed by atoms with Gasteiger partial charge in [0.25, 0.3) is 0 Å². The van der Waals surface area contributed by atoms with E-state index in [1.165, 1.54) is 0 Å². The van der Waals surface area contributed by atoms with Gasteiger partial charge in [0.2, 0.25) is 0 Å². The summed E-state index contributed by atoms with van der Waals surface area (Å²) in [6.45, 7) is 5.45. The van der Waals surface area contributed by atoms with Crippen LogP contribution >= 0.6 is 0 Å². The first kappa shape index (κ1) is 12.6. The third-order valence-electron chi connectivity index (χ3n) is 2.40. The van der Waals surface area contributed by atoms with Gasteiger partial charge in [0.15, 0.2) is 0 Å². The molecule has 1 unspecified atom stereocenters. The molecule has 4 heteroatoms. The van der Waals surface area contributed by atoms with Crippen LogP contribution in [0.5, 0.6) is 0 Å². The minimum atomic E-state index is -0.916. The number of nitrogens with one attached hydrogen (secondary N) is 3. The van der Waals surface area contributed by atoms with E-state index in [0.29, 0.717) is 6.42 Å². The third kappa shape index (κ3) is 3.44. The summed E-state index contributed by atoms with van der Waals surface area (Å²) in [5.41, 5.74) is -1.35. The standard InChI is InChI=1S/C9H21N3O/c1-6-9(11-4,12-5)7-8(2,13)10-3/h6,10-13H,1,7H2,2-5H3. The molecule has 78 valence electrons. The molecule has 0 radical (unpaired) electrons. The first-order valence-corrected chi connectivity index (χ1v) is 4.38. The molecule has 1 atom stereocenters. The van der Waals surface area contributed by atoms with E-state index < -0.39 is 11.4 Å². The fourth-order valence-corrected chi connectivity index (χ4v) is 1.21. The first-order chi connectivity index (χ1) is 5.95. The van der Waals surface area contributed by atoms with Gasteiger partial charge >= 0.3 is 0 Å². The Labute approximate surface area is 80.4 Å². The van der Waals surface area contributed by atoms with Gasteiger partial charge in [-0.3, -0.25) is 16.0 Å². The van der Waals surface area contributed by atoms with Crippen LogP contribution in [0.4, 0.5) is 0 Å². The number of hydrogen-bond acceptors (Lipinski definition) is 4. The molecular formula is C9H21N3O. The van der Waals surface area contributed by atoms with Gasteiger partial charge < -0.3 is 5.11 Å². The highest BCUT2D eigenvalue weighted by molar-refractivity contribution is 5.02. The lowest BCUT2D eigenvalue weighted by atomic mass is 9.98. The van der Waals surface area contributed by atoms with E-state index in [4.69, 9.17) is 0 Å². The maximum absolute atomic E-state index is 9.81. The van der Waals surface area contributed by atoms with Gasteiger partial charge in [-0.1, -0.05) is 12.7 Å². The van der Waals surface area contributed by atoms with E-state index in [0.717, 1.165) is 0 Å². The van der Waals surface area contributed by atoms with Crippen LogP contribution in [0.15, 0.2) is 12.7 Å². The number of likely N-dealkylation sites (N-methyl/N-ethyl adjacent to an activating group) is 2. The Morgan fingerprint density at radius 2 is 1.69 bits per heavy atom. The first-order valence-electron chi connectivity index (χ1n) is 4.38. The van der Waals surface area contributed by atoms with Gasteiger partial charge in [-0.15, -0.1) is 0 Å². The molecule has 0 amide bonds. The lowest BCUT2D eigenvalue weighted by Crippen LogP contribution is -2.59. The molecule has 0 spiro atoms. The minimum absolute atomic E-state index is 0.438. The normalized spacial score (nSPS) is 16.7. The van der Waals surface area contributed by atoms with E-state index in [9.17, 15) is 5.11 Å². The molecule has 4 nitrogen and oxygen atoms in total. The smallest absolute Gasteiger partial charge is 0.116 e. The van der Waals surface area contributed by atoms with Crippen LogP contribution in [-0.4, -0.2) is 37.6 Å². The highest BCUT2D eigenvalue weighted by Crippen LogP contribution is 2.16. The van der Waals surface area contributed by atoms with E-state index in [-0.39, 0.29) is 0 Å². The van der Waals surface area contributed by atoms with Crippen LogP contribution in [0.3, 0.4) is 0 Å². The van der Waals surface area contributed by atoms with E-state index in [1.54, 1.807) is 20.0 Å². The largest absolute Gasteiger partial charge is 0.376 e. The Bertz CT molecular complexity index is 164. The van der Waals surface area contributed by atoms with Crippen molar-refractivity contribution < 1.29 is 5.11 Å². The van der Waals surface area contributed by atoms with Gasteiger partial charge in [-0.2, -0.15) is 0 Å². The molecule has 0 saturated carbocycles. The topological polar surface area (TPSA) is 56.3 Å². The summed E-state index contributed by atoms with van der Waals surface area (Å²) in [6.07, 6.45) is 2.24. The van der Waals surface area contributed by atoms with Crippen molar-refractivity contribution in [1.29, 1.82) is 0 Å².